The molecule has 0 N–H and O–H groups in total. The van der Waals surface area contributed by atoms with Crippen LogP contribution in [0.1, 0.15) is 72.1 Å². The molecule has 0 bridgehead atoms. The van der Waals surface area contributed by atoms with Gasteiger partial charge in [-0.1, -0.05) is 60.5 Å². The van der Waals surface area contributed by atoms with Crippen molar-refractivity contribution in [2.75, 3.05) is 11.5 Å². The van der Waals surface area contributed by atoms with Crippen LogP contribution in [0, 0.1) is 5.41 Å². The Kier molecular flexibility index (Phi) is 7.26. The van der Waals surface area contributed by atoms with Crippen molar-refractivity contribution in [1.82, 2.24) is 4.98 Å². The van der Waals surface area contributed by atoms with Gasteiger partial charge < -0.3 is 0 Å². The van der Waals surface area contributed by atoms with E-state index in [0.717, 1.165) is 6.42 Å². The lowest BCUT2D eigenvalue weighted by Crippen LogP contribution is -2.20. The van der Waals surface area contributed by atoms with Gasteiger partial charge in [-0.3, -0.25) is 4.98 Å². The van der Waals surface area contributed by atoms with E-state index in [2.05, 4.69) is 70.4 Å². The zero-order valence-electron chi connectivity index (χ0n) is 14.8. The first-order valence-electron chi connectivity index (χ1n) is 8.34. The predicted molar refractivity (Wildman–Crippen MR) is 97.3 cm³/mol. The molecule has 0 amide bonds. The Morgan fingerprint density at radius 1 is 1.14 bits per heavy atom. The van der Waals surface area contributed by atoms with Crippen LogP contribution in [0.2, 0.25) is 0 Å². The molecular formula is C19H33NS. The molecule has 0 radical (unpaired) electrons. The second kappa shape index (κ2) is 8.22. The van der Waals surface area contributed by atoms with Gasteiger partial charge in [0.1, 0.15) is 0 Å². The van der Waals surface area contributed by atoms with Gasteiger partial charge in [-0.15, -0.1) is 0 Å². The maximum atomic E-state index is 4.67. The van der Waals surface area contributed by atoms with Crippen LogP contribution in [0.3, 0.4) is 0 Å². The molecule has 0 fully saturated rings. The molecule has 0 aliphatic heterocycles. The van der Waals surface area contributed by atoms with Gasteiger partial charge >= 0.3 is 0 Å². The minimum atomic E-state index is 0.242. The Hall–Kier alpha value is -0.500. The number of thioether (sulfide) groups is 1. The molecule has 1 nitrogen and oxygen atoms in total. The van der Waals surface area contributed by atoms with Crippen LogP contribution in [-0.2, 0) is 11.8 Å². The quantitative estimate of drug-likeness (QED) is 0.529. The van der Waals surface area contributed by atoms with Gasteiger partial charge in [0.25, 0.3) is 0 Å². The summed E-state index contributed by atoms with van der Waals surface area (Å²) in [7, 11) is 0. The van der Waals surface area contributed by atoms with Crippen LogP contribution in [0.4, 0.5) is 0 Å². The van der Waals surface area contributed by atoms with Crippen LogP contribution in [0.15, 0.2) is 18.3 Å². The summed E-state index contributed by atoms with van der Waals surface area (Å²) in [5.74, 6) is 2.42. The van der Waals surface area contributed by atoms with Crippen LogP contribution in [0.25, 0.3) is 0 Å². The third kappa shape index (κ3) is 6.02. The fraction of sp³-hybridized carbons (Fsp3) is 0.737. The zero-order valence-corrected chi connectivity index (χ0v) is 15.6. The van der Waals surface area contributed by atoms with E-state index in [1.165, 1.54) is 42.0 Å². The van der Waals surface area contributed by atoms with E-state index in [9.17, 15) is 0 Å². The van der Waals surface area contributed by atoms with Crippen molar-refractivity contribution < 1.29 is 0 Å². The molecule has 1 aromatic heterocycles. The molecule has 120 valence electrons. The highest BCUT2D eigenvalue weighted by atomic mass is 32.2. The molecule has 1 rings (SSSR count). The van der Waals surface area contributed by atoms with Crippen molar-refractivity contribution in [3.8, 4) is 0 Å². The van der Waals surface area contributed by atoms with E-state index in [1.54, 1.807) is 0 Å². The topological polar surface area (TPSA) is 12.9 Å². The molecule has 0 saturated heterocycles. The predicted octanol–water partition coefficient (Wildman–Crippen LogP) is 5.87. The molecule has 0 unspecified atom stereocenters. The van der Waals surface area contributed by atoms with Crippen molar-refractivity contribution in [1.29, 1.82) is 0 Å². The molecule has 0 spiro atoms. The highest BCUT2D eigenvalue weighted by Gasteiger charge is 2.23. The minimum absolute atomic E-state index is 0.242. The molecule has 2 heteroatoms. The van der Waals surface area contributed by atoms with Crippen LogP contribution < -0.4 is 0 Å². The van der Waals surface area contributed by atoms with Crippen molar-refractivity contribution in [2.24, 2.45) is 5.41 Å². The van der Waals surface area contributed by atoms with Crippen molar-refractivity contribution in [3.63, 3.8) is 0 Å². The summed E-state index contributed by atoms with van der Waals surface area (Å²) in [5, 5.41) is 0. The van der Waals surface area contributed by atoms with E-state index < -0.39 is 0 Å². The number of hydrogen-bond acceptors (Lipinski definition) is 2. The van der Waals surface area contributed by atoms with Gasteiger partial charge in [0.2, 0.25) is 0 Å². The monoisotopic (exact) mass is 307 g/mol. The Bertz CT molecular complexity index is 423. The molecular weight excluding hydrogens is 274 g/mol. The molecule has 21 heavy (non-hydrogen) atoms. The first-order valence-corrected chi connectivity index (χ1v) is 9.50. The summed E-state index contributed by atoms with van der Waals surface area (Å²) in [4.78, 5) is 4.67. The first kappa shape index (κ1) is 18.5. The molecule has 0 aromatic carbocycles. The highest BCUT2D eigenvalue weighted by Crippen LogP contribution is 2.31. The molecule has 0 saturated carbocycles. The average molecular weight is 308 g/mol. The molecule has 0 aliphatic rings. The number of rotatable bonds is 9. The minimum Gasteiger partial charge on any atom is -0.261 e. The number of hydrogen-bond donors (Lipinski definition) is 0. The third-order valence-corrected chi connectivity index (χ3v) is 5.91. The number of nitrogens with zero attached hydrogens (tertiary/aromatic N) is 1. The van der Waals surface area contributed by atoms with Gasteiger partial charge in [0.15, 0.2) is 0 Å². The fourth-order valence-electron chi connectivity index (χ4n) is 2.63. The van der Waals surface area contributed by atoms with Crippen molar-refractivity contribution in [3.05, 3.63) is 29.6 Å². The average Bonchev–Trinajstić information content (AvgIpc) is 2.44. The summed E-state index contributed by atoms with van der Waals surface area (Å²) in [6.45, 7) is 14.0. The Morgan fingerprint density at radius 3 is 2.48 bits per heavy atom. The van der Waals surface area contributed by atoms with E-state index in [4.69, 9.17) is 0 Å². The number of aryl methyl sites for hydroxylation is 1. The summed E-state index contributed by atoms with van der Waals surface area (Å²) < 4.78 is 0. The maximum Gasteiger partial charge on any atom is 0.0449 e. The maximum absolute atomic E-state index is 4.67. The first-order chi connectivity index (χ1) is 9.82. The second-order valence-corrected chi connectivity index (χ2v) is 8.56. The van der Waals surface area contributed by atoms with Crippen molar-refractivity contribution in [2.45, 2.75) is 72.6 Å². The fourth-order valence-corrected chi connectivity index (χ4v) is 3.87. The van der Waals surface area contributed by atoms with Gasteiger partial charge in [0.05, 0.1) is 0 Å². The highest BCUT2D eigenvalue weighted by molar-refractivity contribution is 7.99. The van der Waals surface area contributed by atoms with Gasteiger partial charge in [-0.2, -0.15) is 11.8 Å². The van der Waals surface area contributed by atoms with E-state index in [1.807, 2.05) is 6.20 Å². The molecule has 1 heterocycles. The molecule has 1 aromatic rings. The summed E-state index contributed by atoms with van der Waals surface area (Å²) >= 11 is 2.07. The lowest BCUT2D eigenvalue weighted by Gasteiger charge is -2.27. The SMILES string of the molecule is CCCC(C)(C)c1cccnc1CCSCC(C)(C)CC. The number of pyridine rings is 1. The lowest BCUT2D eigenvalue weighted by molar-refractivity contribution is 0.408. The normalized spacial score (nSPS) is 12.7. The standard InChI is InChI=1S/C19H33NS/c1-7-12-19(5,6)16-10-9-13-20-17(16)11-14-21-15-18(3,4)8-2/h9-10,13H,7-8,11-12,14-15H2,1-6H3. The zero-order chi connectivity index (χ0) is 15.9. The van der Waals surface area contributed by atoms with Gasteiger partial charge in [0, 0.05) is 11.9 Å². The van der Waals surface area contributed by atoms with Crippen LogP contribution in [-0.4, -0.2) is 16.5 Å². The molecule has 0 atom stereocenters. The third-order valence-electron chi connectivity index (χ3n) is 4.43. The Balaban J connectivity index is 2.64. The lowest BCUT2D eigenvalue weighted by atomic mass is 9.79. The van der Waals surface area contributed by atoms with Gasteiger partial charge in [-0.05, 0) is 46.8 Å². The Labute approximate surface area is 136 Å². The summed E-state index contributed by atoms with van der Waals surface area (Å²) in [5.41, 5.74) is 3.45. The largest absolute Gasteiger partial charge is 0.261 e. The van der Waals surface area contributed by atoms with E-state index >= 15 is 0 Å². The Morgan fingerprint density at radius 2 is 1.86 bits per heavy atom. The smallest absolute Gasteiger partial charge is 0.0449 e. The van der Waals surface area contributed by atoms with Gasteiger partial charge in [-0.25, -0.2) is 0 Å². The van der Waals surface area contributed by atoms with E-state index in [0.29, 0.717) is 5.41 Å². The number of aromatic nitrogens is 1. The second-order valence-electron chi connectivity index (χ2n) is 7.45. The summed E-state index contributed by atoms with van der Waals surface area (Å²) in [6, 6.07) is 4.36. The van der Waals surface area contributed by atoms with Crippen LogP contribution in [0.5, 0.6) is 0 Å². The molecule has 0 aliphatic carbocycles. The van der Waals surface area contributed by atoms with E-state index in [-0.39, 0.29) is 5.41 Å². The van der Waals surface area contributed by atoms with Crippen molar-refractivity contribution >= 4 is 11.8 Å². The summed E-state index contributed by atoms with van der Waals surface area (Å²) in [6.07, 6.45) is 6.73. The van der Waals surface area contributed by atoms with Crippen LogP contribution >= 0.6 is 11.8 Å².